The van der Waals surface area contributed by atoms with Gasteiger partial charge in [-0.1, -0.05) is 39.0 Å². The van der Waals surface area contributed by atoms with Crippen LogP contribution in [0.25, 0.3) is 0 Å². The van der Waals surface area contributed by atoms with Crippen molar-refractivity contribution in [3.63, 3.8) is 0 Å². The fourth-order valence-corrected chi connectivity index (χ4v) is 4.91. The van der Waals surface area contributed by atoms with Crippen molar-refractivity contribution in [2.24, 2.45) is 29.6 Å². The molecule has 32 heavy (non-hydrogen) atoms. The van der Waals surface area contributed by atoms with E-state index in [0.29, 0.717) is 25.7 Å². The van der Waals surface area contributed by atoms with E-state index in [9.17, 15) is 24.9 Å². The van der Waals surface area contributed by atoms with Crippen LogP contribution in [-0.4, -0.2) is 56.8 Å². The third kappa shape index (κ3) is 7.15. The van der Waals surface area contributed by atoms with Gasteiger partial charge in [0, 0.05) is 11.8 Å². The summed E-state index contributed by atoms with van der Waals surface area (Å²) in [6.45, 7) is 7.66. The van der Waals surface area contributed by atoms with Crippen LogP contribution in [0.2, 0.25) is 0 Å². The third-order valence-electron chi connectivity index (χ3n) is 7.11. The molecule has 0 aromatic heterocycles. The van der Waals surface area contributed by atoms with E-state index in [-0.39, 0.29) is 54.5 Å². The molecule has 0 saturated heterocycles. The molecular weight excluding hydrogens is 412 g/mol. The minimum Gasteiger partial charge on any atom is -0.481 e. The summed E-state index contributed by atoms with van der Waals surface area (Å²) in [4.78, 5) is 23.4. The van der Waals surface area contributed by atoms with Gasteiger partial charge < -0.3 is 25.2 Å². The van der Waals surface area contributed by atoms with Gasteiger partial charge in [0.15, 0.2) is 0 Å². The maximum atomic E-state index is 12.6. The van der Waals surface area contributed by atoms with Crippen LogP contribution in [0.5, 0.6) is 0 Å². The second-order valence-electron chi connectivity index (χ2n) is 9.72. The lowest BCUT2D eigenvalue weighted by atomic mass is 9.64. The van der Waals surface area contributed by atoms with Gasteiger partial charge in [-0.05, 0) is 56.4 Å². The average molecular weight is 453 g/mol. The molecule has 7 heteroatoms. The summed E-state index contributed by atoms with van der Waals surface area (Å²) in [5.41, 5.74) is 1.06. The van der Waals surface area contributed by atoms with Gasteiger partial charge in [0.1, 0.15) is 6.10 Å². The number of fused-ring (bicyclic) bond motifs is 1. The Kier molecular flexibility index (Phi) is 9.92. The van der Waals surface area contributed by atoms with Crippen LogP contribution >= 0.6 is 0 Å². The highest BCUT2D eigenvalue weighted by molar-refractivity contribution is 5.72. The summed E-state index contributed by atoms with van der Waals surface area (Å²) < 4.78 is 6.00. The first-order chi connectivity index (χ1) is 15.0. The van der Waals surface area contributed by atoms with Crippen LogP contribution in [-0.2, 0) is 14.3 Å². The molecule has 4 N–H and O–H groups in total. The second kappa shape index (κ2) is 12.0. The molecule has 0 radical (unpaired) electrons. The molecule has 0 aromatic carbocycles. The van der Waals surface area contributed by atoms with Gasteiger partial charge in [0.2, 0.25) is 0 Å². The number of carboxylic acid groups (broad SMARTS) is 1. The molecule has 0 heterocycles. The van der Waals surface area contributed by atoms with E-state index in [2.05, 4.69) is 25.2 Å². The number of ether oxygens (including phenoxy) is 1. The smallest absolute Gasteiger partial charge is 0.308 e. The number of carbonyl (C=O) groups is 2. The number of carbonyl (C=O) groups excluding carboxylic acids is 1. The third-order valence-corrected chi connectivity index (χ3v) is 7.11. The molecular formula is C25H40O7. The Morgan fingerprint density at radius 1 is 1.19 bits per heavy atom. The monoisotopic (exact) mass is 452 g/mol. The number of rotatable bonds is 11. The van der Waals surface area contributed by atoms with Crippen molar-refractivity contribution in [2.75, 3.05) is 0 Å². The molecule has 2 rings (SSSR count). The van der Waals surface area contributed by atoms with Crippen molar-refractivity contribution in [1.29, 1.82) is 0 Å². The number of allylic oxidation sites excluding steroid dienone is 2. The number of hydrogen-bond donors (Lipinski definition) is 4. The summed E-state index contributed by atoms with van der Waals surface area (Å²) in [7, 11) is 0. The van der Waals surface area contributed by atoms with Crippen LogP contribution in [0.4, 0.5) is 0 Å². The molecule has 182 valence electrons. The topological polar surface area (TPSA) is 124 Å². The largest absolute Gasteiger partial charge is 0.481 e. The summed E-state index contributed by atoms with van der Waals surface area (Å²) in [5.74, 6) is -1.28. The van der Waals surface area contributed by atoms with Crippen LogP contribution in [0, 0.1) is 29.6 Å². The molecule has 2 aliphatic rings. The molecule has 0 saturated carbocycles. The first-order valence-corrected chi connectivity index (χ1v) is 11.9. The summed E-state index contributed by atoms with van der Waals surface area (Å²) in [6.07, 6.45) is 5.49. The Labute approximate surface area is 191 Å². The molecule has 0 aliphatic heterocycles. The molecule has 9 atom stereocenters. The average Bonchev–Trinajstić information content (AvgIpc) is 2.71. The Balaban J connectivity index is 2.17. The highest BCUT2D eigenvalue weighted by Crippen LogP contribution is 2.45. The lowest BCUT2D eigenvalue weighted by molar-refractivity contribution is -0.159. The fraction of sp³-hybridized carbons (Fsp3) is 0.760. The SMILES string of the molecule is CCC(C)C(=O)O[C@H]1C[C@H](C(C)O)C=C2C=C[C@H](C)[C@H](CC[C@@H](O)C[C@@H](O)CC(=O)O)[C@H]21. The van der Waals surface area contributed by atoms with E-state index in [1.165, 1.54) is 0 Å². The Morgan fingerprint density at radius 3 is 2.47 bits per heavy atom. The van der Waals surface area contributed by atoms with E-state index < -0.39 is 24.3 Å². The van der Waals surface area contributed by atoms with E-state index in [1.54, 1.807) is 6.92 Å². The maximum absolute atomic E-state index is 12.6. The molecule has 2 aliphatic carbocycles. The molecule has 0 amide bonds. The van der Waals surface area contributed by atoms with Gasteiger partial charge in [0.25, 0.3) is 0 Å². The fourth-order valence-electron chi connectivity index (χ4n) is 4.91. The number of aliphatic hydroxyl groups excluding tert-OH is 3. The Morgan fingerprint density at radius 2 is 1.88 bits per heavy atom. The molecule has 0 fully saturated rings. The zero-order valence-electron chi connectivity index (χ0n) is 19.7. The molecule has 7 nitrogen and oxygen atoms in total. The highest BCUT2D eigenvalue weighted by atomic mass is 16.5. The lowest BCUT2D eigenvalue weighted by Crippen LogP contribution is -2.43. The molecule has 0 spiro atoms. The van der Waals surface area contributed by atoms with Crippen molar-refractivity contribution in [2.45, 2.75) is 90.6 Å². The Bertz CT molecular complexity index is 698. The Hall–Kier alpha value is -1.70. The predicted octanol–water partition coefficient (Wildman–Crippen LogP) is 3.08. The number of aliphatic hydroxyl groups is 3. The van der Waals surface area contributed by atoms with Crippen LogP contribution in [0.15, 0.2) is 23.8 Å². The number of carboxylic acids is 1. The first-order valence-electron chi connectivity index (χ1n) is 11.9. The summed E-state index contributed by atoms with van der Waals surface area (Å²) in [6, 6.07) is 0. The zero-order valence-corrected chi connectivity index (χ0v) is 19.7. The quantitative estimate of drug-likeness (QED) is 0.355. The maximum Gasteiger partial charge on any atom is 0.308 e. The second-order valence-corrected chi connectivity index (χ2v) is 9.72. The highest BCUT2D eigenvalue weighted by Gasteiger charge is 2.43. The minimum absolute atomic E-state index is 0.0193. The first kappa shape index (κ1) is 26.6. The molecule has 0 aromatic rings. The van der Waals surface area contributed by atoms with Gasteiger partial charge in [-0.25, -0.2) is 0 Å². The molecule has 0 bridgehead atoms. The predicted molar refractivity (Wildman–Crippen MR) is 121 cm³/mol. The number of hydrogen-bond acceptors (Lipinski definition) is 6. The number of esters is 1. The standard InChI is InChI=1S/C25H40O7/c1-5-14(2)25(31)32-22-11-18(16(4)26)10-17-7-6-15(3)21(24(17)22)9-8-19(27)12-20(28)13-23(29)30/h6-7,10,14-16,18-22,24,26-28H,5,8-9,11-13H2,1-4H3,(H,29,30)/t14?,15-,16?,18+,19+,20+,21-,22-,24-/m0/s1. The molecule has 2 unspecified atom stereocenters. The van der Waals surface area contributed by atoms with Gasteiger partial charge >= 0.3 is 11.9 Å². The lowest BCUT2D eigenvalue weighted by Gasteiger charge is -2.44. The van der Waals surface area contributed by atoms with Crippen molar-refractivity contribution in [1.82, 2.24) is 0 Å². The summed E-state index contributed by atoms with van der Waals surface area (Å²) >= 11 is 0. The normalized spacial score (nSPS) is 31.1. The van der Waals surface area contributed by atoms with Crippen molar-refractivity contribution >= 4 is 11.9 Å². The van der Waals surface area contributed by atoms with Crippen molar-refractivity contribution in [3.05, 3.63) is 23.8 Å². The van der Waals surface area contributed by atoms with Crippen LogP contribution in [0.1, 0.15) is 66.2 Å². The van der Waals surface area contributed by atoms with Gasteiger partial charge in [-0.2, -0.15) is 0 Å². The number of aliphatic carboxylic acids is 1. The van der Waals surface area contributed by atoms with Gasteiger partial charge in [-0.3, -0.25) is 9.59 Å². The summed E-state index contributed by atoms with van der Waals surface area (Å²) in [5, 5.41) is 39.2. The van der Waals surface area contributed by atoms with E-state index >= 15 is 0 Å². The van der Waals surface area contributed by atoms with Gasteiger partial charge in [0.05, 0.1) is 30.7 Å². The van der Waals surface area contributed by atoms with Gasteiger partial charge in [-0.15, -0.1) is 0 Å². The minimum atomic E-state index is -1.09. The van der Waals surface area contributed by atoms with Crippen LogP contribution in [0.3, 0.4) is 0 Å². The van der Waals surface area contributed by atoms with E-state index in [1.807, 2.05) is 13.8 Å². The zero-order chi connectivity index (χ0) is 24.0. The van der Waals surface area contributed by atoms with E-state index in [0.717, 1.165) is 5.57 Å². The van der Waals surface area contributed by atoms with Crippen molar-refractivity contribution < 1.29 is 34.8 Å². The van der Waals surface area contributed by atoms with Crippen molar-refractivity contribution in [3.8, 4) is 0 Å². The van der Waals surface area contributed by atoms with E-state index in [4.69, 9.17) is 9.84 Å². The van der Waals surface area contributed by atoms with Crippen LogP contribution < -0.4 is 0 Å².